The van der Waals surface area contributed by atoms with Crippen molar-refractivity contribution < 1.29 is 23.4 Å². The normalized spacial score (nSPS) is 17.4. The highest BCUT2D eigenvalue weighted by atomic mass is 35.5. The quantitative estimate of drug-likeness (QED) is 0.254. The summed E-state index contributed by atoms with van der Waals surface area (Å²) in [4.78, 5) is 12.9. The molecule has 0 amide bonds. The van der Waals surface area contributed by atoms with Gasteiger partial charge in [0.05, 0.1) is 11.3 Å². The van der Waals surface area contributed by atoms with Gasteiger partial charge in [-0.25, -0.2) is 13.6 Å². The lowest BCUT2D eigenvalue weighted by atomic mass is 9.99. The van der Waals surface area contributed by atoms with Gasteiger partial charge >= 0.3 is 5.97 Å². The number of anilines is 2. The molecule has 5 nitrogen and oxygen atoms in total. The molecule has 192 valence electrons. The average molecular weight is 525 g/mol. The molecule has 0 saturated carbocycles. The van der Waals surface area contributed by atoms with Crippen LogP contribution in [0.2, 0.25) is 0 Å². The van der Waals surface area contributed by atoms with Crippen molar-refractivity contribution in [2.45, 2.75) is 31.8 Å². The third kappa shape index (κ3) is 5.38. The number of nitrogens with zero attached hydrogens (tertiary/aromatic N) is 1. The minimum absolute atomic E-state index is 0. The molecule has 3 atom stereocenters. The van der Waals surface area contributed by atoms with Crippen molar-refractivity contribution in [1.29, 1.82) is 0 Å². The fourth-order valence-electron chi connectivity index (χ4n) is 4.75. The molecule has 0 aliphatic carbocycles. The summed E-state index contributed by atoms with van der Waals surface area (Å²) in [7, 11) is 0. The summed E-state index contributed by atoms with van der Waals surface area (Å²) >= 11 is 0. The third-order valence-corrected chi connectivity index (χ3v) is 6.55. The Morgan fingerprint density at radius 1 is 1.05 bits per heavy atom. The van der Waals surface area contributed by atoms with Crippen molar-refractivity contribution in [3.63, 3.8) is 0 Å². The summed E-state index contributed by atoms with van der Waals surface area (Å²) < 4.78 is 35.8. The van der Waals surface area contributed by atoms with Gasteiger partial charge in [0.15, 0.2) is 6.10 Å². The minimum atomic E-state index is -1.60. The summed E-state index contributed by atoms with van der Waals surface area (Å²) in [5.41, 5.74) is 1.89. The minimum Gasteiger partial charge on any atom is -0.483 e. The molecular weight excluding hydrogens is 498 g/mol. The molecule has 0 bridgehead atoms. The maximum atomic E-state index is 15.9. The highest BCUT2D eigenvalue weighted by Crippen LogP contribution is 2.42. The fourth-order valence-corrected chi connectivity index (χ4v) is 4.75. The lowest BCUT2D eigenvalue weighted by molar-refractivity contribution is 0.0696. The van der Waals surface area contributed by atoms with Crippen molar-refractivity contribution in [3.05, 3.63) is 102 Å². The number of aromatic carboxylic acids is 1. The van der Waals surface area contributed by atoms with E-state index < -0.39 is 24.2 Å². The maximum Gasteiger partial charge on any atom is 0.335 e. The van der Waals surface area contributed by atoms with Crippen LogP contribution in [0.3, 0.4) is 0 Å². The molecule has 2 N–H and O–H groups in total. The van der Waals surface area contributed by atoms with E-state index in [9.17, 15) is 14.3 Å². The van der Waals surface area contributed by atoms with Crippen LogP contribution in [-0.4, -0.2) is 30.0 Å². The van der Waals surface area contributed by atoms with E-state index in [0.29, 0.717) is 24.3 Å². The largest absolute Gasteiger partial charge is 0.483 e. The molecule has 5 rings (SSSR count). The SMILES string of the molecule is C[C@@H](NCCC1Oc2cc(F)ccc2N(c2cccc(C(=O)O)c2)C1F)c1cccc2ccccc12.Cl. The van der Waals surface area contributed by atoms with E-state index in [4.69, 9.17) is 4.74 Å². The number of carboxylic acid groups (broad SMARTS) is 1. The Labute approximate surface area is 220 Å². The molecule has 1 heterocycles. The van der Waals surface area contributed by atoms with Gasteiger partial charge < -0.3 is 20.1 Å². The molecule has 0 fully saturated rings. The third-order valence-electron chi connectivity index (χ3n) is 6.55. The molecule has 2 unspecified atom stereocenters. The summed E-state index contributed by atoms with van der Waals surface area (Å²) in [5.74, 6) is -1.38. The van der Waals surface area contributed by atoms with Crippen LogP contribution in [0.25, 0.3) is 10.8 Å². The fraction of sp³-hybridized carbons (Fsp3) is 0.207. The van der Waals surface area contributed by atoms with E-state index in [1.54, 1.807) is 12.1 Å². The molecule has 0 radical (unpaired) electrons. The van der Waals surface area contributed by atoms with Gasteiger partial charge in [-0.1, -0.05) is 48.5 Å². The Morgan fingerprint density at radius 3 is 2.62 bits per heavy atom. The van der Waals surface area contributed by atoms with E-state index in [1.807, 2.05) is 18.2 Å². The van der Waals surface area contributed by atoms with Gasteiger partial charge in [0, 0.05) is 24.2 Å². The second-order valence-corrected chi connectivity index (χ2v) is 8.90. The van der Waals surface area contributed by atoms with Crippen molar-refractivity contribution >= 4 is 40.5 Å². The first-order valence-electron chi connectivity index (χ1n) is 11.9. The first-order valence-corrected chi connectivity index (χ1v) is 11.9. The highest BCUT2D eigenvalue weighted by molar-refractivity contribution is 5.89. The van der Waals surface area contributed by atoms with E-state index in [0.717, 1.165) is 16.3 Å². The lowest BCUT2D eigenvalue weighted by Crippen LogP contribution is -2.46. The van der Waals surface area contributed by atoms with Crippen LogP contribution in [0.4, 0.5) is 20.2 Å². The molecule has 37 heavy (non-hydrogen) atoms. The number of hydrogen-bond donors (Lipinski definition) is 2. The predicted octanol–water partition coefficient (Wildman–Crippen LogP) is 7.03. The molecule has 4 aromatic rings. The number of ether oxygens (including phenoxy) is 1. The number of benzene rings is 4. The lowest BCUT2D eigenvalue weighted by Gasteiger charge is -2.39. The van der Waals surface area contributed by atoms with Gasteiger partial charge in [-0.2, -0.15) is 0 Å². The smallest absolute Gasteiger partial charge is 0.335 e. The molecule has 0 spiro atoms. The van der Waals surface area contributed by atoms with Gasteiger partial charge in [0.2, 0.25) is 6.30 Å². The summed E-state index contributed by atoms with van der Waals surface area (Å²) in [6.07, 6.45) is -2.16. The zero-order chi connectivity index (χ0) is 25.2. The zero-order valence-electron chi connectivity index (χ0n) is 20.1. The molecule has 4 aromatic carbocycles. The van der Waals surface area contributed by atoms with Gasteiger partial charge in [-0.15, -0.1) is 12.4 Å². The molecule has 0 saturated heterocycles. The van der Waals surface area contributed by atoms with Gasteiger partial charge in [-0.3, -0.25) is 0 Å². The second kappa shape index (κ2) is 11.2. The van der Waals surface area contributed by atoms with Crippen molar-refractivity contribution in [3.8, 4) is 5.75 Å². The molecule has 1 aliphatic rings. The zero-order valence-corrected chi connectivity index (χ0v) is 20.9. The number of alkyl halides is 1. The topological polar surface area (TPSA) is 61.8 Å². The number of carbonyl (C=O) groups is 1. The Bertz CT molecular complexity index is 1410. The molecule has 8 heteroatoms. The van der Waals surface area contributed by atoms with Crippen LogP contribution in [0.1, 0.15) is 35.3 Å². The number of hydrogen-bond acceptors (Lipinski definition) is 4. The highest BCUT2D eigenvalue weighted by Gasteiger charge is 2.37. The van der Waals surface area contributed by atoms with Crippen LogP contribution in [0.15, 0.2) is 84.9 Å². The Morgan fingerprint density at radius 2 is 1.81 bits per heavy atom. The number of halogens is 3. The van der Waals surface area contributed by atoms with Crippen LogP contribution < -0.4 is 15.0 Å². The van der Waals surface area contributed by atoms with Crippen molar-refractivity contribution in [2.24, 2.45) is 0 Å². The summed E-state index contributed by atoms with van der Waals surface area (Å²) in [6.45, 7) is 2.52. The van der Waals surface area contributed by atoms with Crippen molar-refractivity contribution in [1.82, 2.24) is 5.32 Å². The van der Waals surface area contributed by atoms with Gasteiger partial charge in [0.1, 0.15) is 11.6 Å². The number of rotatable bonds is 7. The standard InChI is InChI=1S/C29H26F2N2O3.ClH/c1-18(23-11-5-7-19-6-2-3-10-24(19)23)32-15-14-26-28(31)33(22-9-4-8-20(16-22)29(34)35)25-13-12-21(30)17-27(25)36-26;/h2-13,16-18,26,28,32H,14-15H2,1H3,(H,34,35);1H/t18-,26?,28?;/m1./s1. The summed E-state index contributed by atoms with van der Waals surface area (Å²) in [5, 5.41) is 15.2. The first kappa shape index (κ1) is 26.4. The number of fused-ring (bicyclic) bond motifs is 2. The molecule has 0 aromatic heterocycles. The summed E-state index contributed by atoms with van der Waals surface area (Å²) in [6, 6.07) is 24.3. The maximum absolute atomic E-state index is 15.9. The van der Waals surface area contributed by atoms with Gasteiger partial charge in [-0.05, 0) is 60.1 Å². The van der Waals surface area contributed by atoms with Crippen LogP contribution in [0.5, 0.6) is 5.75 Å². The number of nitrogens with one attached hydrogen (secondary N) is 1. The van der Waals surface area contributed by atoms with Crippen LogP contribution in [0, 0.1) is 5.82 Å². The van der Waals surface area contributed by atoms with E-state index >= 15 is 4.39 Å². The Balaban J connectivity index is 0.00000320. The van der Waals surface area contributed by atoms with Crippen LogP contribution >= 0.6 is 12.4 Å². The van der Waals surface area contributed by atoms with E-state index in [2.05, 4.69) is 36.5 Å². The Kier molecular flexibility index (Phi) is 7.95. The van der Waals surface area contributed by atoms with Crippen molar-refractivity contribution in [2.75, 3.05) is 11.4 Å². The van der Waals surface area contributed by atoms with E-state index in [-0.39, 0.29) is 29.8 Å². The predicted molar refractivity (Wildman–Crippen MR) is 143 cm³/mol. The number of carboxylic acids is 1. The second-order valence-electron chi connectivity index (χ2n) is 8.90. The molecule has 1 aliphatic heterocycles. The van der Waals surface area contributed by atoms with E-state index in [1.165, 1.54) is 35.2 Å². The molecular formula is C29H27ClF2N2O3. The first-order chi connectivity index (χ1) is 17.4. The Hall–Kier alpha value is -3.68. The monoisotopic (exact) mass is 524 g/mol. The average Bonchev–Trinajstić information content (AvgIpc) is 2.88. The van der Waals surface area contributed by atoms with Crippen LogP contribution in [-0.2, 0) is 0 Å². The van der Waals surface area contributed by atoms with Gasteiger partial charge in [0.25, 0.3) is 0 Å².